The maximum atomic E-state index is 13.0. The second kappa shape index (κ2) is 6.51. The third-order valence-corrected chi connectivity index (χ3v) is 2.86. The van der Waals surface area contributed by atoms with Gasteiger partial charge in [0, 0.05) is 30.1 Å². The number of aromatic nitrogens is 2. The minimum Gasteiger partial charge on any atom is -0.398 e. The van der Waals surface area contributed by atoms with Crippen molar-refractivity contribution in [2.75, 3.05) is 7.05 Å². The van der Waals surface area contributed by atoms with Gasteiger partial charge in [0.05, 0.1) is 11.9 Å². The zero-order chi connectivity index (χ0) is 15.2. The Morgan fingerprint density at radius 3 is 2.81 bits per heavy atom. The van der Waals surface area contributed by atoms with Crippen molar-refractivity contribution >= 4 is 11.9 Å². The molecule has 0 spiro atoms. The number of allylic oxidation sites excluding steroid dienone is 1. The van der Waals surface area contributed by atoms with E-state index >= 15 is 0 Å². The number of halogens is 1. The molecule has 0 atom stereocenters. The van der Waals surface area contributed by atoms with E-state index < -0.39 is 0 Å². The van der Waals surface area contributed by atoms with Crippen LogP contribution in [0.5, 0.6) is 0 Å². The second-order valence-electron chi connectivity index (χ2n) is 4.26. The summed E-state index contributed by atoms with van der Waals surface area (Å²) in [6.07, 6.45) is 4.82. The summed E-state index contributed by atoms with van der Waals surface area (Å²) < 4.78 is 13.0. The lowest BCUT2D eigenvalue weighted by Gasteiger charge is -2.03. The topological polar surface area (TPSA) is 79.1 Å². The summed E-state index contributed by atoms with van der Waals surface area (Å²) in [5.74, 6) is 0.242. The fourth-order valence-electron chi connectivity index (χ4n) is 1.70. The molecule has 0 aliphatic carbocycles. The van der Waals surface area contributed by atoms with E-state index in [1.165, 1.54) is 12.1 Å². The van der Waals surface area contributed by atoms with Gasteiger partial charge >= 0.3 is 0 Å². The van der Waals surface area contributed by atoms with Gasteiger partial charge in [0.15, 0.2) is 0 Å². The molecule has 0 aliphatic heterocycles. The molecule has 0 unspecified atom stereocenters. The van der Waals surface area contributed by atoms with Gasteiger partial charge in [-0.3, -0.25) is 5.10 Å². The lowest BCUT2D eigenvalue weighted by Crippen LogP contribution is -2.01. The molecule has 4 N–H and O–H groups in total. The van der Waals surface area contributed by atoms with Crippen molar-refractivity contribution in [3.63, 3.8) is 0 Å². The number of rotatable bonds is 5. The molecular formula is C15H16FN5. The van der Waals surface area contributed by atoms with Crippen LogP contribution in [0, 0.1) is 5.82 Å². The fraction of sp³-hybridized carbons (Fsp3) is 0.0667. The molecule has 0 amide bonds. The van der Waals surface area contributed by atoms with Crippen LogP contribution in [0.4, 0.5) is 4.39 Å². The Labute approximate surface area is 122 Å². The standard InChI is InChI=1S/C15H16FN5/c1-10(18-2)19-8-7-14(17)13-9-20-21-15(13)11-3-5-12(16)6-4-11/h3-9,18H,1,17H2,2H3,(H,20,21)/b14-7-,19-8?. The molecule has 0 saturated carbocycles. The van der Waals surface area contributed by atoms with E-state index in [1.54, 1.807) is 37.7 Å². The number of nitrogens with two attached hydrogens (primary N) is 1. The molecule has 0 bridgehead atoms. The monoisotopic (exact) mass is 285 g/mol. The van der Waals surface area contributed by atoms with Gasteiger partial charge in [0.2, 0.25) is 0 Å². The van der Waals surface area contributed by atoms with Crippen LogP contribution in [-0.2, 0) is 0 Å². The largest absolute Gasteiger partial charge is 0.398 e. The number of aromatic amines is 1. The lowest BCUT2D eigenvalue weighted by atomic mass is 10.1. The van der Waals surface area contributed by atoms with Gasteiger partial charge in [-0.1, -0.05) is 6.58 Å². The molecule has 0 fully saturated rings. The fourth-order valence-corrected chi connectivity index (χ4v) is 1.70. The Morgan fingerprint density at radius 2 is 2.14 bits per heavy atom. The van der Waals surface area contributed by atoms with Crippen LogP contribution in [0.2, 0.25) is 0 Å². The molecule has 1 heterocycles. The Hall–Kier alpha value is -2.89. The van der Waals surface area contributed by atoms with Crippen LogP contribution >= 0.6 is 0 Å². The number of hydrogen-bond donors (Lipinski definition) is 3. The number of nitrogens with zero attached hydrogens (tertiary/aromatic N) is 2. The predicted octanol–water partition coefficient (Wildman–Crippen LogP) is 2.28. The van der Waals surface area contributed by atoms with E-state index in [-0.39, 0.29) is 5.82 Å². The number of H-pyrrole nitrogens is 1. The van der Waals surface area contributed by atoms with Gasteiger partial charge in [-0.05, 0) is 30.3 Å². The summed E-state index contributed by atoms with van der Waals surface area (Å²) >= 11 is 0. The Bertz CT molecular complexity index is 682. The molecule has 0 saturated heterocycles. The van der Waals surface area contributed by atoms with Gasteiger partial charge in [0.25, 0.3) is 0 Å². The molecular weight excluding hydrogens is 269 g/mol. The summed E-state index contributed by atoms with van der Waals surface area (Å²) in [7, 11) is 1.73. The first-order valence-electron chi connectivity index (χ1n) is 6.28. The molecule has 1 aromatic heterocycles. The highest BCUT2D eigenvalue weighted by molar-refractivity contribution is 5.87. The van der Waals surface area contributed by atoms with Gasteiger partial charge in [0.1, 0.15) is 11.6 Å². The third kappa shape index (κ3) is 3.56. The summed E-state index contributed by atoms with van der Waals surface area (Å²) in [4.78, 5) is 4.04. The van der Waals surface area contributed by atoms with Gasteiger partial charge in [-0.15, -0.1) is 0 Å². The molecule has 0 radical (unpaired) electrons. The first-order valence-corrected chi connectivity index (χ1v) is 6.28. The Morgan fingerprint density at radius 1 is 1.43 bits per heavy atom. The van der Waals surface area contributed by atoms with Crippen molar-refractivity contribution in [3.05, 3.63) is 60.3 Å². The Kier molecular flexibility index (Phi) is 4.50. The van der Waals surface area contributed by atoms with Crippen molar-refractivity contribution in [1.29, 1.82) is 0 Å². The maximum Gasteiger partial charge on any atom is 0.123 e. The summed E-state index contributed by atoms with van der Waals surface area (Å²) in [6.45, 7) is 3.67. The Balaban J connectivity index is 2.27. The molecule has 2 rings (SSSR count). The summed E-state index contributed by atoms with van der Waals surface area (Å²) in [6, 6.07) is 6.10. The highest BCUT2D eigenvalue weighted by Gasteiger charge is 2.09. The van der Waals surface area contributed by atoms with Gasteiger partial charge < -0.3 is 11.1 Å². The average molecular weight is 285 g/mol. The van der Waals surface area contributed by atoms with Crippen LogP contribution in [0.1, 0.15) is 5.56 Å². The molecule has 5 nitrogen and oxygen atoms in total. The third-order valence-electron chi connectivity index (χ3n) is 2.86. The first-order chi connectivity index (χ1) is 10.1. The first kappa shape index (κ1) is 14.5. The SMILES string of the molecule is C=C(N=C/C=C(\N)c1cn[nH]c1-c1ccc(F)cc1)NC. The van der Waals surface area contributed by atoms with Crippen molar-refractivity contribution in [2.45, 2.75) is 0 Å². The van der Waals surface area contributed by atoms with E-state index in [2.05, 4.69) is 27.1 Å². The van der Waals surface area contributed by atoms with Crippen LogP contribution in [0.3, 0.4) is 0 Å². The summed E-state index contributed by atoms with van der Waals surface area (Å²) in [5.41, 5.74) is 8.77. The van der Waals surface area contributed by atoms with E-state index in [9.17, 15) is 4.39 Å². The normalized spacial score (nSPS) is 11.8. The van der Waals surface area contributed by atoms with E-state index in [0.717, 1.165) is 16.8 Å². The molecule has 0 aliphatic rings. The smallest absolute Gasteiger partial charge is 0.123 e. The number of aliphatic imine (C=N–C) groups is 1. The van der Waals surface area contributed by atoms with Crippen molar-refractivity contribution in [2.24, 2.45) is 10.7 Å². The highest BCUT2D eigenvalue weighted by atomic mass is 19.1. The van der Waals surface area contributed by atoms with E-state index in [4.69, 9.17) is 5.73 Å². The minimum absolute atomic E-state index is 0.291. The van der Waals surface area contributed by atoms with Crippen LogP contribution in [0.15, 0.2) is 53.9 Å². The minimum atomic E-state index is -0.291. The molecule has 2 aromatic rings. The van der Waals surface area contributed by atoms with Gasteiger partial charge in [-0.2, -0.15) is 5.10 Å². The molecule has 6 heteroatoms. The van der Waals surface area contributed by atoms with Crippen LogP contribution < -0.4 is 11.1 Å². The molecule has 108 valence electrons. The summed E-state index contributed by atoms with van der Waals surface area (Å²) in [5, 5.41) is 9.65. The van der Waals surface area contributed by atoms with Gasteiger partial charge in [-0.25, -0.2) is 9.38 Å². The van der Waals surface area contributed by atoms with Crippen LogP contribution in [-0.4, -0.2) is 23.5 Å². The quantitative estimate of drug-likeness (QED) is 0.737. The average Bonchev–Trinajstić information content (AvgIpc) is 2.97. The van der Waals surface area contributed by atoms with Crippen molar-refractivity contribution in [1.82, 2.24) is 15.5 Å². The zero-order valence-corrected chi connectivity index (χ0v) is 11.6. The number of hydrogen-bond acceptors (Lipinski definition) is 4. The van der Waals surface area contributed by atoms with Crippen molar-refractivity contribution in [3.8, 4) is 11.3 Å². The molecule has 1 aromatic carbocycles. The lowest BCUT2D eigenvalue weighted by molar-refractivity contribution is 0.628. The van der Waals surface area contributed by atoms with E-state index in [1.807, 2.05) is 0 Å². The van der Waals surface area contributed by atoms with Crippen LogP contribution in [0.25, 0.3) is 17.0 Å². The molecule has 21 heavy (non-hydrogen) atoms. The number of benzene rings is 1. The highest BCUT2D eigenvalue weighted by Crippen LogP contribution is 2.24. The maximum absolute atomic E-state index is 13.0. The zero-order valence-electron chi connectivity index (χ0n) is 11.6. The van der Waals surface area contributed by atoms with Crippen molar-refractivity contribution < 1.29 is 4.39 Å². The number of nitrogens with one attached hydrogen (secondary N) is 2. The second-order valence-corrected chi connectivity index (χ2v) is 4.26. The van der Waals surface area contributed by atoms with E-state index in [0.29, 0.717) is 11.5 Å². The predicted molar refractivity (Wildman–Crippen MR) is 82.8 cm³/mol.